The fourth-order valence-electron chi connectivity index (χ4n) is 3.73. The Balaban J connectivity index is 1.79. The van der Waals surface area contributed by atoms with Gasteiger partial charge in [-0.3, -0.25) is 0 Å². The van der Waals surface area contributed by atoms with Crippen LogP contribution in [-0.4, -0.2) is 37.2 Å². The summed E-state index contributed by atoms with van der Waals surface area (Å²) >= 11 is 0. The number of carbonyl (C=O) groups is 1. The van der Waals surface area contributed by atoms with Crippen molar-refractivity contribution in [3.63, 3.8) is 0 Å². The maximum Gasteiger partial charge on any atom is 0.343 e. The van der Waals surface area contributed by atoms with Crippen molar-refractivity contribution in [2.24, 2.45) is 0 Å². The number of carbonyl (C=O) groups excluding carboxylic acids is 1. The van der Waals surface area contributed by atoms with E-state index in [1.807, 2.05) is 68.7 Å². The lowest BCUT2D eigenvalue weighted by molar-refractivity contribution is 0.0548. The highest BCUT2D eigenvalue weighted by Crippen LogP contribution is 2.34. The summed E-state index contributed by atoms with van der Waals surface area (Å²) in [6.45, 7) is 4.15. The SMILES string of the molecule is CCC(C)Oc1ccc2c(c1)OC1C=C(N(C)C)CC=C1OC(=O)c1ccccc1C2. The molecule has 162 valence electrons. The van der Waals surface area contributed by atoms with Gasteiger partial charge in [-0.05, 0) is 48.8 Å². The van der Waals surface area contributed by atoms with Crippen LogP contribution in [-0.2, 0) is 11.2 Å². The Labute approximate surface area is 183 Å². The summed E-state index contributed by atoms with van der Waals surface area (Å²) in [5.41, 5.74) is 3.60. The molecule has 2 aliphatic rings. The van der Waals surface area contributed by atoms with Crippen LogP contribution in [0.5, 0.6) is 11.5 Å². The molecular formula is C26H29NO4. The van der Waals surface area contributed by atoms with Crippen LogP contribution in [0.1, 0.15) is 48.2 Å². The average Bonchev–Trinajstić information content (AvgIpc) is 2.76. The predicted octanol–water partition coefficient (Wildman–Crippen LogP) is 5.11. The van der Waals surface area contributed by atoms with E-state index in [4.69, 9.17) is 14.2 Å². The summed E-state index contributed by atoms with van der Waals surface area (Å²) in [7, 11) is 4.00. The molecule has 4 rings (SSSR count). The van der Waals surface area contributed by atoms with Gasteiger partial charge in [-0.25, -0.2) is 4.79 Å². The Kier molecular flexibility index (Phi) is 6.03. The van der Waals surface area contributed by atoms with Crippen molar-refractivity contribution in [3.8, 4) is 11.5 Å². The van der Waals surface area contributed by atoms with E-state index in [1.165, 1.54) is 0 Å². The van der Waals surface area contributed by atoms with Crippen LogP contribution in [0.2, 0.25) is 0 Å². The third-order valence-electron chi connectivity index (χ3n) is 5.74. The summed E-state index contributed by atoms with van der Waals surface area (Å²) in [6, 6.07) is 13.5. The van der Waals surface area contributed by atoms with Crippen molar-refractivity contribution >= 4 is 5.97 Å². The lowest BCUT2D eigenvalue weighted by Crippen LogP contribution is -2.28. The molecule has 0 spiro atoms. The number of fused-ring (bicyclic) bond motifs is 3. The topological polar surface area (TPSA) is 48.0 Å². The van der Waals surface area contributed by atoms with Gasteiger partial charge >= 0.3 is 5.97 Å². The van der Waals surface area contributed by atoms with Crippen molar-refractivity contribution in [1.82, 2.24) is 4.90 Å². The quantitative estimate of drug-likeness (QED) is 0.645. The number of ether oxygens (including phenoxy) is 3. The van der Waals surface area contributed by atoms with Gasteiger partial charge in [0.15, 0.2) is 6.10 Å². The summed E-state index contributed by atoms with van der Waals surface area (Å²) in [6.07, 6.45) is 5.75. The number of nitrogens with zero attached hydrogens (tertiary/aromatic N) is 1. The number of allylic oxidation sites excluding steroid dienone is 1. The number of esters is 1. The van der Waals surface area contributed by atoms with Crippen LogP contribution in [0.15, 0.2) is 66.1 Å². The third-order valence-corrected chi connectivity index (χ3v) is 5.74. The molecule has 0 saturated heterocycles. The summed E-state index contributed by atoms with van der Waals surface area (Å²) < 4.78 is 18.3. The van der Waals surface area contributed by atoms with Crippen molar-refractivity contribution < 1.29 is 19.0 Å². The fraction of sp³-hybridized carbons (Fsp3) is 0.346. The maximum absolute atomic E-state index is 12.9. The second-order valence-electron chi connectivity index (χ2n) is 8.23. The fourth-order valence-corrected chi connectivity index (χ4v) is 3.73. The molecular weight excluding hydrogens is 390 g/mol. The Bertz CT molecular complexity index is 1040. The van der Waals surface area contributed by atoms with E-state index in [0.29, 0.717) is 24.2 Å². The van der Waals surface area contributed by atoms with Gasteiger partial charge < -0.3 is 19.1 Å². The van der Waals surface area contributed by atoms with Crippen LogP contribution >= 0.6 is 0 Å². The van der Waals surface area contributed by atoms with E-state index in [-0.39, 0.29) is 12.1 Å². The second-order valence-corrected chi connectivity index (χ2v) is 8.23. The van der Waals surface area contributed by atoms with Gasteiger partial charge in [0, 0.05) is 38.7 Å². The number of benzene rings is 2. The molecule has 2 aromatic rings. The zero-order chi connectivity index (χ0) is 22.0. The zero-order valence-electron chi connectivity index (χ0n) is 18.6. The third kappa shape index (κ3) is 4.61. The normalized spacial score (nSPS) is 18.7. The van der Waals surface area contributed by atoms with Gasteiger partial charge in [0.2, 0.25) is 0 Å². The van der Waals surface area contributed by atoms with Gasteiger partial charge in [-0.2, -0.15) is 0 Å². The van der Waals surface area contributed by atoms with Crippen molar-refractivity contribution in [1.29, 1.82) is 0 Å². The smallest absolute Gasteiger partial charge is 0.343 e. The molecule has 5 nitrogen and oxygen atoms in total. The predicted molar refractivity (Wildman–Crippen MR) is 120 cm³/mol. The largest absolute Gasteiger partial charge is 0.491 e. The van der Waals surface area contributed by atoms with Crippen molar-refractivity contribution in [3.05, 3.63) is 82.8 Å². The van der Waals surface area contributed by atoms with Crippen molar-refractivity contribution in [2.45, 2.75) is 45.3 Å². The van der Waals surface area contributed by atoms with E-state index in [0.717, 1.165) is 34.7 Å². The minimum atomic E-state index is -0.488. The highest BCUT2D eigenvalue weighted by molar-refractivity contribution is 5.92. The number of hydrogen-bond acceptors (Lipinski definition) is 5. The molecule has 0 saturated carbocycles. The monoisotopic (exact) mass is 419 g/mol. The standard InChI is InChI=1S/C26H29NO4/c1-5-17(2)29-21-12-10-19-14-18-8-6-7-9-22(18)26(28)31-23-13-11-20(27(3)4)15-25(23)30-24(19)16-21/h6-10,12-13,15-17,25H,5,11,14H2,1-4H3. The number of hydrogen-bond donors (Lipinski definition) is 0. The lowest BCUT2D eigenvalue weighted by atomic mass is 9.98. The molecule has 0 aromatic heterocycles. The average molecular weight is 420 g/mol. The van der Waals surface area contributed by atoms with Crippen LogP contribution in [0.4, 0.5) is 0 Å². The van der Waals surface area contributed by atoms with Crippen LogP contribution in [0.25, 0.3) is 0 Å². The Morgan fingerprint density at radius 1 is 1.16 bits per heavy atom. The minimum Gasteiger partial charge on any atom is -0.491 e. The highest BCUT2D eigenvalue weighted by Gasteiger charge is 2.28. The molecule has 2 atom stereocenters. The van der Waals surface area contributed by atoms with Crippen LogP contribution in [0.3, 0.4) is 0 Å². The second kappa shape index (κ2) is 8.88. The molecule has 0 N–H and O–H groups in total. The first-order valence-electron chi connectivity index (χ1n) is 10.8. The first kappa shape index (κ1) is 21.0. The Morgan fingerprint density at radius 2 is 1.97 bits per heavy atom. The van der Waals surface area contributed by atoms with Gasteiger partial charge in [-0.15, -0.1) is 0 Å². The molecule has 1 aliphatic carbocycles. The molecule has 0 bridgehead atoms. The molecule has 2 unspecified atom stereocenters. The van der Waals surface area contributed by atoms with E-state index in [9.17, 15) is 4.79 Å². The van der Waals surface area contributed by atoms with Gasteiger partial charge in [-0.1, -0.05) is 31.2 Å². The molecule has 0 fully saturated rings. The Hall–Kier alpha value is -3.21. The van der Waals surface area contributed by atoms with Crippen LogP contribution in [0, 0.1) is 0 Å². The van der Waals surface area contributed by atoms with E-state index in [1.54, 1.807) is 0 Å². The highest BCUT2D eigenvalue weighted by atomic mass is 16.6. The van der Waals surface area contributed by atoms with Gasteiger partial charge in [0.05, 0.1) is 11.7 Å². The van der Waals surface area contributed by atoms with Gasteiger partial charge in [0.25, 0.3) is 0 Å². The minimum absolute atomic E-state index is 0.115. The molecule has 0 amide bonds. The summed E-state index contributed by atoms with van der Waals surface area (Å²) in [5, 5.41) is 0. The molecule has 1 aliphatic heterocycles. The maximum atomic E-state index is 12.9. The Morgan fingerprint density at radius 3 is 2.74 bits per heavy atom. The summed E-state index contributed by atoms with van der Waals surface area (Å²) in [4.78, 5) is 15.0. The molecule has 5 heteroatoms. The van der Waals surface area contributed by atoms with Gasteiger partial charge in [0.1, 0.15) is 17.3 Å². The van der Waals surface area contributed by atoms with E-state index in [2.05, 4.69) is 18.7 Å². The number of rotatable bonds is 4. The van der Waals surface area contributed by atoms with E-state index < -0.39 is 6.10 Å². The molecule has 1 heterocycles. The first-order chi connectivity index (χ1) is 14.9. The van der Waals surface area contributed by atoms with Crippen LogP contribution < -0.4 is 9.47 Å². The molecule has 0 radical (unpaired) electrons. The zero-order valence-corrected chi connectivity index (χ0v) is 18.6. The molecule has 2 aromatic carbocycles. The molecule has 31 heavy (non-hydrogen) atoms. The van der Waals surface area contributed by atoms with Crippen molar-refractivity contribution in [2.75, 3.05) is 14.1 Å². The lowest BCUT2D eigenvalue weighted by Gasteiger charge is -2.28. The summed E-state index contributed by atoms with van der Waals surface area (Å²) in [5.74, 6) is 1.68. The van der Waals surface area contributed by atoms with E-state index >= 15 is 0 Å². The first-order valence-corrected chi connectivity index (χ1v) is 10.8.